The Hall–Kier alpha value is -2.73. The van der Waals surface area contributed by atoms with Crippen molar-refractivity contribution in [2.24, 2.45) is 0 Å². The van der Waals surface area contributed by atoms with Gasteiger partial charge >= 0.3 is 0 Å². The lowest BCUT2D eigenvalue weighted by molar-refractivity contribution is -0.0571. The molecule has 0 aliphatic heterocycles. The SMILES string of the molecule is COc1ccc(C(=O)N(O)CCc2cc(OC)cc(OC)c2)cc1. The van der Waals surface area contributed by atoms with Gasteiger partial charge in [0.15, 0.2) is 0 Å². The van der Waals surface area contributed by atoms with Gasteiger partial charge in [0.05, 0.1) is 27.9 Å². The number of benzene rings is 2. The van der Waals surface area contributed by atoms with Crippen molar-refractivity contribution in [2.75, 3.05) is 27.9 Å². The summed E-state index contributed by atoms with van der Waals surface area (Å²) in [5.74, 6) is 1.51. The van der Waals surface area contributed by atoms with Crippen LogP contribution in [0.1, 0.15) is 15.9 Å². The maximum Gasteiger partial charge on any atom is 0.277 e. The fourth-order valence-electron chi connectivity index (χ4n) is 2.23. The molecule has 6 heteroatoms. The summed E-state index contributed by atoms with van der Waals surface area (Å²) in [4.78, 5) is 12.2. The third-order valence-electron chi connectivity index (χ3n) is 3.59. The van der Waals surface area contributed by atoms with Crippen molar-refractivity contribution in [3.05, 3.63) is 53.6 Å². The highest BCUT2D eigenvalue weighted by atomic mass is 16.5. The molecule has 0 saturated carbocycles. The summed E-state index contributed by atoms with van der Waals surface area (Å²) in [6.07, 6.45) is 0.464. The molecule has 0 aromatic heterocycles. The first-order valence-corrected chi connectivity index (χ1v) is 7.44. The van der Waals surface area contributed by atoms with E-state index in [0.29, 0.717) is 34.3 Å². The molecule has 1 amide bonds. The van der Waals surface area contributed by atoms with Crippen LogP contribution < -0.4 is 14.2 Å². The fourth-order valence-corrected chi connectivity index (χ4v) is 2.23. The molecule has 128 valence electrons. The number of hydrogen-bond acceptors (Lipinski definition) is 5. The van der Waals surface area contributed by atoms with Crippen molar-refractivity contribution in [3.63, 3.8) is 0 Å². The molecule has 1 N–H and O–H groups in total. The first kappa shape index (κ1) is 17.6. The van der Waals surface area contributed by atoms with Crippen LogP contribution in [0.5, 0.6) is 17.2 Å². The number of hydrogen-bond donors (Lipinski definition) is 1. The molecule has 0 saturated heterocycles. The Labute approximate surface area is 141 Å². The van der Waals surface area contributed by atoms with Gasteiger partial charge in [-0.15, -0.1) is 0 Å². The summed E-state index contributed by atoms with van der Waals surface area (Å²) in [6.45, 7) is 0.154. The Bertz CT molecular complexity index is 662. The Balaban J connectivity index is 2.01. The van der Waals surface area contributed by atoms with Crippen molar-refractivity contribution in [1.29, 1.82) is 0 Å². The quantitative estimate of drug-likeness (QED) is 0.624. The van der Waals surface area contributed by atoms with Crippen molar-refractivity contribution in [2.45, 2.75) is 6.42 Å². The summed E-state index contributed by atoms with van der Waals surface area (Å²) in [5, 5.41) is 10.7. The second kappa shape index (κ2) is 8.21. The number of rotatable bonds is 7. The van der Waals surface area contributed by atoms with Gasteiger partial charge in [-0.3, -0.25) is 10.0 Å². The van der Waals surface area contributed by atoms with E-state index in [1.807, 2.05) is 12.1 Å². The van der Waals surface area contributed by atoms with Gasteiger partial charge in [-0.25, -0.2) is 5.06 Å². The van der Waals surface area contributed by atoms with Crippen LogP contribution in [-0.2, 0) is 6.42 Å². The molecule has 0 spiro atoms. The van der Waals surface area contributed by atoms with Gasteiger partial charge in [0.2, 0.25) is 0 Å². The maximum atomic E-state index is 12.2. The number of carbonyl (C=O) groups excluding carboxylic acids is 1. The van der Waals surface area contributed by atoms with Crippen molar-refractivity contribution in [3.8, 4) is 17.2 Å². The smallest absolute Gasteiger partial charge is 0.277 e. The normalized spacial score (nSPS) is 10.2. The number of ether oxygens (including phenoxy) is 3. The number of methoxy groups -OCH3 is 3. The van der Waals surface area contributed by atoms with Gasteiger partial charge in [-0.1, -0.05) is 0 Å². The molecule has 2 aromatic carbocycles. The van der Waals surface area contributed by atoms with Crippen molar-refractivity contribution in [1.82, 2.24) is 5.06 Å². The molecule has 0 unspecified atom stereocenters. The Morgan fingerprint density at radius 3 is 1.96 bits per heavy atom. The van der Waals surface area contributed by atoms with Crippen LogP contribution in [0.3, 0.4) is 0 Å². The van der Waals surface area contributed by atoms with Crippen LogP contribution in [0, 0.1) is 0 Å². The van der Waals surface area contributed by atoms with Crippen LogP contribution in [0.25, 0.3) is 0 Å². The highest BCUT2D eigenvalue weighted by molar-refractivity contribution is 5.93. The minimum atomic E-state index is -0.465. The number of amides is 1. The highest BCUT2D eigenvalue weighted by Gasteiger charge is 2.14. The van der Waals surface area contributed by atoms with Gasteiger partial charge in [0.1, 0.15) is 17.2 Å². The Kier molecular flexibility index (Phi) is 6.03. The van der Waals surface area contributed by atoms with Crippen LogP contribution in [0.15, 0.2) is 42.5 Å². The zero-order chi connectivity index (χ0) is 17.5. The van der Waals surface area contributed by atoms with Crippen LogP contribution in [-0.4, -0.2) is 44.1 Å². The minimum Gasteiger partial charge on any atom is -0.497 e. The molecular formula is C18H21NO5. The fraction of sp³-hybridized carbons (Fsp3) is 0.278. The summed E-state index contributed by atoms with van der Waals surface area (Å²) < 4.78 is 15.5. The summed E-state index contributed by atoms with van der Waals surface area (Å²) in [6, 6.07) is 12.0. The van der Waals surface area contributed by atoms with Gasteiger partial charge in [-0.05, 0) is 48.4 Å². The summed E-state index contributed by atoms with van der Waals surface area (Å²) >= 11 is 0. The second-order valence-corrected chi connectivity index (χ2v) is 5.13. The van der Waals surface area contributed by atoms with E-state index in [9.17, 15) is 10.0 Å². The molecule has 6 nitrogen and oxygen atoms in total. The summed E-state index contributed by atoms with van der Waals surface area (Å²) in [7, 11) is 4.70. The standard InChI is InChI=1S/C18H21NO5/c1-22-15-6-4-14(5-7-15)18(20)19(21)9-8-13-10-16(23-2)12-17(11-13)24-3/h4-7,10-12,21H,8-9H2,1-3H3. The predicted molar refractivity (Wildman–Crippen MR) is 89.1 cm³/mol. The average molecular weight is 331 g/mol. The molecule has 0 radical (unpaired) electrons. The van der Waals surface area contributed by atoms with E-state index in [1.54, 1.807) is 51.7 Å². The number of carbonyl (C=O) groups is 1. The Morgan fingerprint density at radius 2 is 1.46 bits per heavy atom. The zero-order valence-corrected chi connectivity index (χ0v) is 14.0. The molecule has 24 heavy (non-hydrogen) atoms. The molecule has 0 bridgehead atoms. The van der Waals surface area contributed by atoms with Crippen LogP contribution in [0.4, 0.5) is 0 Å². The molecule has 0 fully saturated rings. The molecular weight excluding hydrogens is 310 g/mol. The van der Waals surface area contributed by atoms with E-state index in [4.69, 9.17) is 14.2 Å². The molecule has 0 atom stereocenters. The molecule has 0 heterocycles. The van der Waals surface area contributed by atoms with Gasteiger partial charge < -0.3 is 14.2 Å². The number of hydroxylamine groups is 2. The topological polar surface area (TPSA) is 68.2 Å². The number of nitrogens with zero attached hydrogens (tertiary/aromatic N) is 1. The predicted octanol–water partition coefficient (Wildman–Crippen LogP) is 2.79. The van der Waals surface area contributed by atoms with E-state index >= 15 is 0 Å². The average Bonchev–Trinajstić information content (AvgIpc) is 2.65. The van der Waals surface area contributed by atoms with Gasteiger partial charge in [0.25, 0.3) is 5.91 Å². The Morgan fingerprint density at radius 1 is 0.917 bits per heavy atom. The monoisotopic (exact) mass is 331 g/mol. The van der Waals surface area contributed by atoms with Crippen molar-refractivity contribution < 1.29 is 24.2 Å². The van der Waals surface area contributed by atoms with E-state index in [0.717, 1.165) is 5.56 Å². The first-order chi connectivity index (χ1) is 11.6. The minimum absolute atomic E-state index is 0.154. The van der Waals surface area contributed by atoms with E-state index < -0.39 is 5.91 Å². The lowest BCUT2D eigenvalue weighted by Gasteiger charge is -2.16. The first-order valence-electron chi connectivity index (χ1n) is 7.44. The van der Waals surface area contributed by atoms with Gasteiger partial charge in [0, 0.05) is 11.6 Å². The second-order valence-electron chi connectivity index (χ2n) is 5.13. The largest absolute Gasteiger partial charge is 0.497 e. The van der Waals surface area contributed by atoms with Gasteiger partial charge in [-0.2, -0.15) is 0 Å². The molecule has 0 aliphatic carbocycles. The maximum absolute atomic E-state index is 12.2. The van der Waals surface area contributed by atoms with Crippen LogP contribution >= 0.6 is 0 Å². The van der Waals surface area contributed by atoms with E-state index in [-0.39, 0.29) is 6.54 Å². The third-order valence-corrected chi connectivity index (χ3v) is 3.59. The lowest BCUT2D eigenvalue weighted by Crippen LogP contribution is -2.29. The zero-order valence-electron chi connectivity index (χ0n) is 14.0. The highest BCUT2D eigenvalue weighted by Crippen LogP contribution is 2.23. The lowest BCUT2D eigenvalue weighted by atomic mass is 10.1. The molecule has 0 aliphatic rings. The molecule has 2 rings (SSSR count). The third kappa shape index (κ3) is 4.39. The van der Waals surface area contributed by atoms with Crippen LogP contribution in [0.2, 0.25) is 0 Å². The van der Waals surface area contributed by atoms with Crippen molar-refractivity contribution >= 4 is 5.91 Å². The van der Waals surface area contributed by atoms with E-state index in [2.05, 4.69) is 0 Å². The van der Waals surface area contributed by atoms with E-state index in [1.165, 1.54) is 0 Å². The summed E-state index contributed by atoms with van der Waals surface area (Å²) in [5.41, 5.74) is 1.29. The molecule has 2 aromatic rings.